The van der Waals surface area contributed by atoms with Crippen LogP contribution in [0.3, 0.4) is 0 Å². The van der Waals surface area contributed by atoms with Gasteiger partial charge in [0.15, 0.2) is 5.78 Å². The van der Waals surface area contributed by atoms with Crippen LogP contribution in [0.25, 0.3) is 32.2 Å². The lowest BCUT2D eigenvalue weighted by atomic mass is 9.87. The van der Waals surface area contributed by atoms with Gasteiger partial charge in [-0.05, 0) is 77.5 Å². The van der Waals surface area contributed by atoms with E-state index in [2.05, 4.69) is 28.4 Å². The molecule has 5 nitrogen and oxygen atoms in total. The van der Waals surface area contributed by atoms with Crippen LogP contribution < -0.4 is 0 Å². The van der Waals surface area contributed by atoms with Gasteiger partial charge < -0.3 is 4.74 Å². The summed E-state index contributed by atoms with van der Waals surface area (Å²) in [6, 6.07) is 6.36. The molecule has 1 atom stereocenters. The first kappa shape index (κ1) is 21.3. The van der Waals surface area contributed by atoms with E-state index in [4.69, 9.17) is 9.72 Å². The van der Waals surface area contributed by atoms with Crippen LogP contribution in [-0.4, -0.2) is 26.6 Å². The van der Waals surface area contributed by atoms with Gasteiger partial charge in [-0.2, -0.15) is 5.10 Å². The first-order chi connectivity index (χ1) is 15.2. The molecule has 1 aliphatic carbocycles. The van der Waals surface area contributed by atoms with E-state index in [0.29, 0.717) is 0 Å². The molecule has 3 heterocycles. The molecular formula is C26H29N3O2S. The van der Waals surface area contributed by atoms with Crippen LogP contribution in [-0.2, 0) is 22.4 Å². The summed E-state index contributed by atoms with van der Waals surface area (Å²) in [5.41, 5.74) is 5.84. The minimum absolute atomic E-state index is 0.00265. The number of nitrogens with one attached hydrogen (secondary N) is 1. The van der Waals surface area contributed by atoms with E-state index in [9.17, 15) is 4.79 Å². The SMILES string of the molecule is CC(=O)C(OC(C)(C)C)c1c(C)nc2sc3c(c2c1-c1ccc2cn[nH]c2c1)CCCC3. The van der Waals surface area contributed by atoms with Crippen LogP contribution in [0.5, 0.6) is 0 Å². The number of hydrogen-bond acceptors (Lipinski definition) is 5. The van der Waals surface area contributed by atoms with Crippen molar-refractivity contribution in [3.8, 4) is 11.1 Å². The van der Waals surface area contributed by atoms with E-state index in [1.807, 2.05) is 45.2 Å². The molecule has 0 fully saturated rings. The zero-order chi connectivity index (χ0) is 22.6. The Morgan fingerprint density at radius 3 is 2.75 bits per heavy atom. The Hall–Kier alpha value is -2.57. The van der Waals surface area contributed by atoms with Crippen molar-refractivity contribution in [3.05, 3.63) is 46.1 Å². The summed E-state index contributed by atoms with van der Waals surface area (Å²) >= 11 is 1.81. The Bertz CT molecular complexity index is 1340. The maximum atomic E-state index is 12.9. The second kappa shape index (κ2) is 7.78. The number of Topliss-reactive ketones (excluding diaryl/α,β-unsaturated/α-hetero) is 1. The minimum Gasteiger partial charge on any atom is -0.360 e. The van der Waals surface area contributed by atoms with Gasteiger partial charge in [0, 0.05) is 32.5 Å². The quantitative estimate of drug-likeness (QED) is 0.389. The number of fused-ring (bicyclic) bond motifs is 4. The molecule has 0 spiro atoms. The molecule has 4 aromatic rings. The molecule has 0 saturated carbocycles. The highest BCUT2D eigenvalue weighted by atomic mass is 32.1. The van der Waals surface area contributed by atoms with Crippen LogP contribution in [0.2, 0.25) is 0 Å². The molecule has 0 bridgehead atoms. The van der Waals surface area contributed by atoms with Gasteiger partial charge in [0.25, 0.3) is 0 Å². The van der Waals surface area contributed by atoms with Crippen LogP contribution in [0.15, 0.2) is 24.4 Å². The largest absolute Gasteiger partial charge is 0.360 e. The Kier molecular flexibility index (Phi) is 5.18. The van der Waals surface area contributed by atoms with E-state index in [-0.39, 0.29) is 5.78 Å². The van der Waals surface area contributed by atoms with Gasteiger partial charge in [-0.3, -0.25) is 9.89 Å². The average Bonchev–Trinajstić information content (AvgIpc) is 3.33. The molecule has 166 valence electrons. The fourth-order valence-electron chi connectivity index (χ4n) is 4.83. The van der Waals surface area contributed by atoms with Crippen molar-refractivity contribution in [2.75, 3.05) is 0 Å². The topological polar surface area (TPSA) is 67.9 Å². The number of ether oxygens (including phenoxy) is 1. The number of rotatable bonds is 4. The lowest BCUT2D eigenvalue weighted by molar-refractivity contribution is -0.138. The molecule has 1 aliphatic rings. The third-order valence-electron chi connectivity index (χ3n) is 6.16. The number of carbonyl (C=O) groups excluding carboxylic acids is 1. The van der Waals surface area contributed by atoms with Crippen LogP contribution in [0, 0.1) is 6.92 Å². The Labute approximate surface area is 192 Å². The third-order valence-corrected chi connectivity index (χ3v) is 7.35. The number of H-pyrrole nitrogens is 1. The Morgan fingerprint density at radius 1 is 1.22 bits per heavy atom. The van der Waals surface area contributed by atoms with Crippen LogP contribution >= 0.6 is 11.3 Å². The number of thiophene rings is 1. The fourth-order valence-corrected chi connectivity index (χ4v) is 6.15. The molecule has 0 amide bonds. The molecule has 1 unspecified atom stereocenters. The molecule has 32 heavy (non-hydrogen) atoms. The van der Waals surface area contributed by atoms with Crippen LogP contribution in [0.1, 0.15) is 68.3 Å². The summed E-state index contributed by atoms with van der Waals surface area (Å²) in [4.78, 5) is 20.4. The monoisotopic (exact) mass is 447 g/mol. The summed E-state index contributed by atoms with van der Waals surface area (Å²) < 4.78 is 6.36. The predicted octanol–water partition coefficient (Wildman–Crippen LogP) is 6.47. The van der Waals surface area contributed by atoms with Gasteiger partial charge in [0.05, 0.1) is 17.3 Å². The Morgan fingerprint density at radius 2 is 2.00 bits per heavy atom. The van der Waals surface area contributed by atoms with E-state index in [1.54, 1.807) is 6.92 Å². The van der Waals surface area contributed by atoms with Crippen molar-refractivity contribution >= 4 is 38.2 Å². The number of nitrogens with zero attached hydrogens (tertiary/aromatic N) is 2. The second-order valence-corrected chi connectivity index (χ2v) is 10.9. The van der Waals surface area contributed by atoms with Crippen molar-refractivity contribution in [2.45, 2.75) is 72.0 Å². The summed E-state index contributed by atoms with van der Waals surface area (Å²) in [7, 11) is 0. The number of pyridine rings is 1. The van der Waals surface area contributed by atoms with Gasteiger partial charge in [-0.15, -0.1) is 11.3 Å². The van der Waals surface area contributed by atoms with E-state index < -0.39 is 11.7 Å². The van der Waals surface area contributed by atoms with Gasteiger partial charge in [-0.25, -0.2) is 4.98 Å². The van der Waals surface area contributed by atoms with Gasteiger partial charge in [0.1, 0.15) is 10.9 Å². The fraction of sp³-hybridized carbons (Fsp3) is 0.423. The lowest BCUT2D eigenvalue weighted by Crippen LogP contribution is -2.27. The number of aryl methyl sites for hydroxylation is 3. The predicted molar refractivity (Wildman–Crippen MR) is 130 cm³/mol. The highest BCUT2D eigenvalue weighted by Gasteiger charge is 2.32. The molecule has 0 aliphatic heterocycles. The van der Waals surface area contributed by atoms with Crippen molar-refractivity contribution in [2.24, 2.45) is 0 Å². The van der Waals surface area contributed by atoms with E-state index in [0.717, 1.165) is 51.0 Å². The van der Waals surface area contributed by atoms with Crippen LogP contribution in [0.4, 0.5) is 0 Å². The zero-order valence-corrected chi connectivity index (χ0v) is 20.2. The smallest absolute Gasteiger partial charge is 0.163 e. The molecule has 5 rings (SSSR count). The lowest BCUT2D eigenvalue weighted by Gasteiger charge is -2.29. The van der Waals surface area contributed by atoms with E-state index >= 15 is 0 Å². The van der Waals surface area contributed by atoms with Crippen molar-refractivity contribution in [1.82, 2.24) is 15.2 Å². The number of aromatic nitrogens is 3. The van der Waals surface area contributed by atoms with Crippen molar-refractivity contribution in [1.29, 1.82) is 0 Å². The normalized spacial score (nSPS) is 15.3. The molecular weight excluding hydrogens is 418 g/mol. The number of ketones is 1. The Balaban J connectivity index is 1.87. The maximum Gasteiger partial charge on any atom is 0.163 e. The van der Waals surface area contributed by atoms with Gasteiger partial charge >= 0.3 is 0 Å². The highest BCUT2D eigenvalue weighted by Crippen LogP contribution is 2.46. The minimum atomic E-state index is -0.668. The van der Waals surface area contributed by atoms with E-state index in [1.165, 1.54) is 28.7 Å². The number of aromatic amines is 1. The molecule has 1 aromatic carbocycles. The molecule has 1 N–H and O–H groups in total. The number of hydrogen-bond donors (Lipinski definition) is 1. The molecule has 0 radical (unpaired) electrons. The second-order valence-electron chi connectivity index (χ2n) is 9.77. The summed E-state index contributed by atoms with van der Waals surface area (Å²) in [5.74, 6) is -0.00265. The first-order valence-electron chi connectivity index (χ1n) is 11.3. The number of benzene rings is 1. The van der Waals surface area contributed by atoms with Crippen molar-refractivity contribution < 1.29 is 9.53 Å². The summed E-state index contributed by atoms with van der Waals surface area (Å²) in [6.07, 6.45) is 5.75. The molecule has 3 aromatic heterocycles. The number of carbonyl (C=O) groups is 1. The third kappa shape index (κ3) is 3.65. The summed E-state index contributed by atoms with van der Waals surface area (Å²) in [6.45, 7) is 9.60. The molecule has 0 saturated heterocycles. The zero-order valence-electron chi connectivity index (χ0n) is 19.3. The molecule has 6 heteroatoms. The standard InChI is InChI=1S/C26H29N3O2S/c1-14-21(24(15(2)30)31-26(3,4)5)22(16-10-11-17-13-27-29-19(17)12-16)23-18-8-6-7-9-20(18)32-25(23)28-14/h10-13,24H,6-9H2,1-5H3,(H,27,29). The van der Waals surface area contributed by atoms with Gasteiger partial charge in [0.2, 0.25) is 0 Å². The van der Waals surface area contributed by atoms with Gasteiger partial charge in [-0.1, -0.05) is 12.1 Å². The first-order valence-corrected chi connectivity index (χ1v) is 12.1. The van der Waals surface area contributed by atoms with Crippen molar-refractivity contribution in [3.63, 3.8) is 0 Å². The maximum absolute atomic E-state index is 12.9. The summed E-state index contributed by atoms with van der Waals surface area (Å²) in [5, 5.41) is 9.56. The highest BCUT2D eigenvalue weighted by molar-refractivity contribution is 7.19. The average molecular weight is 448 g/mol.